The number of carbonyl (C=O) groups excluding carboxylic acids is 1. The van der Waals surface area contributed by atoms with Gasteiger partial charge < -0.3 is 19.0 Å². The van der Waals surface area contributed by atoms with Crippen LogP contribution in [0.3, 0.4) is 0 Å². The molecule has 0 amide bonds. The smallest absolute Gasteiger partial charge is 0.139 e. The topological polar surface area (TPSA) is 51.2 Å². The van der Waals surface area contributed by atoms with Crippen molar-refractivity contribution in [3.63, 3.8) is 0 Å². The van der Waals surface area contributed by atoms with Crippen LogP contribution in [0.2, 0.25) is 25.7 Å². The van der Waals surface area contributed by atoms with Crippen LogP contribution in [0, 0.1) is 0 Å². The highest BCUT2D eigenvalue weighted by Crippen LogP contribution is 2.25. The number of likely N-dealkylation sites (N-methyl/N-ethyl adjacent to an activating group) is 2. The van der Waals surface area contributed by atoms with Gasteiger partial charge in [0.1, 0.15) is 17.7 Å². The monoisotopic (exact) mass is 400 g/mol. The van der Waals surface area contributed by atoms with E-state index in [1.165, 1.54) is 6.04 Å². The zero-order chi connectivity index (χ0) is 20.9. The molecule has 0 aromatic heterocycles. The summed E-state index contributed by atoms with van der Waals surface area (Å²) >= 11 is 0. The molecule has 2 heterocycles. The van der Waals surface area contributed by atoms with E-state index >= 15 is 0 Å². The van der Waals surface area contributed by atoms with Crippen molar-refractivity contribution in [3.8, 4) is 0 Å². The molecule has 2 atom stereocenters. The number of ether oxygens (including phenoxy) is 3. The first-order valence-corrected chi connectivity index (χ1v) is 13.5. The molecule has 0 spiro atoms. The lowest BCUT2D eigenvalue weighted by atomic mass is 10.2. The summed E-state index contributed by atoms with van der Waals surface area (Å²) in [5, 5.41) is 0. The predicted molar refractivity (Wildman–Crippen MR) is 112 cm³/mol. The minimum absolute atomic E-state index is 0.0602. The summed E-state index contributed by atoms with van der Waals surface area (Å²) in [4.78, 5) is 14.5. The normalized spacial score (nSPS) is 28.2. The summed E-state index contributed by atoms with van der Waals surface area (Å²) in [6.07, 6.45) is 4.86. The van der Waals surface area contributed by atoms with Crippen LogP contribution in [0.5, 0.6) is 0 Å². The Balaban J connectivity index is 0.000000309. The number of rotatable bonds is 6. The third kappa shape index (κ3) is 7.66. The molecule has 158 valence electrons. The van der Waals surface area contributed by atoms with Crippen molar-refractivity contribution in [1.82, 2.24) is 9.80 Å². The van der Waals surface area contributed by atoms with Crippen LogP contribution < -0.4 is 0 Å². The van der Waals surface area contributed by atoms with Crippen molar-refractivity contribution >= 4 is 14.4 Å². The molecule has 0 bridgehead atoms. The summed E-state index contributed by atoms with van der Waals surface area (Å²) in [5.74, 6) is 0. The molecule has 6 nitrogen and oxygen atoms in total. The van der Waals surface area contributed by atoms with E-state index in [2.05, 4.69) is 51.5 Å². The third-order valence-electron chi connectivity index (χ3n) is 5.43. The molecule has 1 unspecified atom stereocenters. The second-order valence-electron chi connectivity index (χ2n) is 9.52. The van der Waals surface area contributed by atoms with Crippen LogP contribution in [-0.4, -0.2) is 81.6 Å². The van der Waals surface area contributed by atoms with Crippen LogP contribution >= 0.6 is 0 Å². The van der Waals surface area contributed by atoms with Gasteiger partial charge in [-0.1, -0.05) is 19.6 Å². The Morgan fingerprint density at radius 3 is 1.81 bits per heavy atom. The van der Waals surface area contributed by atoms with Gasteiger partial charge in [0.05, 0.1) is 38.2 Å². The van der Waals surface area contributed by atoms with Crippen molar-refractivity contribution in [2.24, 2.45) is 0 Å². The largest absolute Gasteiger partial charge is 0.502 e. The van der Waals surface area contributed by atoms with Crippen LogP contribution in [0.1, 0.15) is 27.7 Å². The molecular formula is C20H40N2O4Si. The average Bonchev–Trinajstić information content (AvgIpc) is 2.96. The average molecular weight is 401 g/mol. The lowest BCUT2D eigenvalue weighted by molar-refractivity contribution is -0.112. The van der Waals surface area contributed by atoms with Gasteiger partial charge in [-0.15, -0.1) is 0 Å². The lowest BCUT2D eigenvalue weighted by Crippen LogP contribution is -2.41. The van der Waals surface area contributed by atoms with Crippen molar-refractivity contribution < 1.29 is 19.0 Å². The summed E-state index contributed by atoms with van der Waals surface area (Å²) in [6, 6.07) is 1.48. The summed E-state index contributed by atoms with van der Waals surface area (Å²) in [6.45, 7) is 17.3. The number of hydrogen-bond acceptors (Lipinski definition) is 6. The number of aldehydes is 1. The molecule has 0 saturated carbocycles. The van der Waals surface area contributed by atoms with E-state index < -0.39 is 8.07 Å². The standard InChI is InChI=1S/C13H27NO2Si.C7H13NO2/c1-13(2)14(3)12(11-16-13)7-8-15-9-10-17(4,5)6;1-7(2)8(3)6(4-9)5-10-7/h7-8,12H,9-11H2,1-6H3;4,6H,5H2,1-3H3/t;6-/m.1/s1. The fourth-order valence-electron chi connectivity index (χ4n) is 2.70. The quantitative estimate of drug-likeness (QED) is 0.295. The van der Waals surface area contributed by atoms with Crippen LogP contribution in [0.4, 0.5) is 0 Å². The van der Waals surface area contributed by atoms with E-state index in [9.17, 15) is 4.79 Å². The molecule has 0 aromatic rings. The fraction of sp³-hybridized carbons (Fsp3) is 0.850. The second-order valence-corrected chi connectivity index (χ2v) is 15.1. The van der Waals surface area contributed by atoms with Crippen molar-refractivity contribution in [2.75, 3.05) is 33.9 Å². The van der Waals surface area contributed by atoms with E-state index in [0.29, 0.717) is 12.6 Å². The number of nitrogens with zero attached hydrogens (tertiary/aromatic N) is 2. The Morgan fingerprint density at radius 2 is 1.48 bits per heavy atom. The van der Waals surface area contributed by atoms with Gasteiger partial charge in [0.15, 0.2) is 0 Å². The summed E-state index contributed by atoms with van der Waals surface area (Å²) < 4.78 is 16.6. The highest BCUT2D eigenvalue weighted by atomic mass is 28.3. The molecule has 0 aliphatic carbocycles. The Hall–Kier alpha value is -0.733. The van der Waals surface area contributed by atoms with Crippen molar-refractivity contribution in [3.05, 3.63) is 12.3 Å². The fourth-order valence-corrected chi connectivity index (χ4v) is 3.43. The molecule has 27 heavy (non-hydrogen) atoms. The van der Waals surface area contributed by atoms with E-state index in [0.717, 1.165) is 19.5 Å². The van der Waals surface area contributed by atoms with Crippen LogP contribution in [-0.2, 0) is 19.0 Å². The van der Waals surface area contributed by atoms with Crippen molar-refractivity contribution in [1.29, 1.82) is 0 Å². The van der Waals surface area contributed by atoms with E-state index in [1.807, 2.05) is 32.1 Å². The predicted octanol–water partition coefficient (Wildman–Crippen LogP) is 3.17. The third-order valence-corrected chi connectivity index (χ3v) is 7.14. The molecule has 2 aliphatic heterocycles. The van der Waals surface area contributed by atoms with Gasteiger partial charge in [0.2, 0.25) is 0 Å². The minimum atomic E-state index is -0.969. The van der Waals surface area contributed by atoms with Gasteiger partial charge in [-0.05, 0) is 53.9 Å². The molecule has 2 saturated heterocycles. The maximum Gasteiger partial charge on any atom is 0.139 e. The van der Waals surface area contributed by atoms with Gasteiger partial charge in [-0.2, -0.15) is 0 Å². The first kappa shape index (κ1) is 24.3. The molecule has 2 aliphatic rings. The van der Waals surface area contributed by atoms with Crippen LogP contribution in [0.25, 0.3) is 0 Å². The molecule has 2 rings (SSSR count). The van der Waals surface area contributed by atoms with Gasteiger partial charge in [-0.25, -0.2) is 0 Å². The van der Waals surface area contributed by atoms with Gasteiger partial charge in [0.25, 0.3) is 0 Å². The first-order chi connectivity index (χ1) is 12.3. The lowest BCUT2D eigenvalue weighted by Gasteiger charge is -2.28. The summed E-state index contributed by atoms with van der Waals surface area (Å²) in [7, 11) is 3.01. The van der Waals surface area contributed by atoms with Gasteiger partial charge >= 0.3 is 0 Å². The van der Waals surface area contributed by atoms with E-state index in [4.69, 9.17) is 14.2 Å². The Bertz CT molecular complexity index is 503. The van der Waals surface area contributed by atoms with Gasteiger partial charge in [0, 0.05) is 8.07 Å². The van der Waals surface area contributed by atoms with Crippen LogP contribution in [0.15, 0.2) is 12.3 Å². The minimum Gasteiger partial charge on any atom is -0.502 e. The van der Waals surface area contributed by atoms with Crippen molar-refractivity contribution in [2.45, 2.75) is 76.9 Å². The molecule has 2 fully saturated rings. The zero-order valence-electron chi connectivity index (χ0n) is 18.7. The highest BCUT2D eigenvalue weighted by molar-refractivity contribution is 6.76. The number of carbonyl (C=O) groups is 1. The SMILES string of the molecule is CN1C(C=COCC[Si](C)(C)C)COC1(C)C.CN1[C@H](C=O)COC1(C)C. The Kier molecular flexibility index (Phi) is 8.69. The van der Waals surface area contributed by atoms with Gasteiger partial charge in [-0.3, -0.25) is 9.80 Å². The molecular weight excluding hydrogens is 360 g/mol. The van der Waals surface area contributed by atoms with E-state index in [-0.39, 0.29) is 17.5 Å². The Labute approximate surface area is 166 Å². The second kappa shape index (κ2) is 9.65. The summed E-state index contributed by atoms with van der Waals surface area (Å²) in [5.41, 5.74) is -0.432. The maximum absolute atomic E-state index is 10.4. The maximum atomic E-state index is 10.4. The highest BCUT2D eigenvalue weighted by Gasteiger charge is 2.37. The molecule has 0 aromatic carbocycles. The zero-order valence-corrected chi connectivity index (χ0v) is 19.7. The first-order valence-electron chi connectivity index (χ1n) is 9.77. The van der Waals surface area contributed by atoms with E-state index in [1.54, 1.807) is 0 Å². The molecule has 0 radical (unpaired) electrons. The molecule has 7 heteroatoms. The molecule has 0 N–H and O–H groups in total. The number of hydrogen-bond donors (Lipinski definition) is 0. The Morgan fingerprint density at radius 1 is 1.00 bits per heavy atom.